The Morgan fingerprint density at radius 3 is 2.41 bits per heavy atom. The molecule has 0 radical (unpaired) electrons. The molecule has 2 nitrogen and oxygen atoms in total. The van der Waals surface area contributed by atoms with Gasteiger partial charge in [-0.25, -0.2) is 0 Å². The van der Waals surface area contributed by atoms with Crippen molar-refractivity contribution in [2.45, 2.75) is 5.60 Å². The van der Waals surface area contributed by atoms with Crippen LogP contribution in [0.25, 0.3) is 0 Å². The number of rotatable bonds is 3. The van der Waals surface area contributed by atoms with Gasteiger partial charge in [0.2, 0.25) is 0 Å². The topological polar surface area (TPSA) is 33.1 Å². The van der Waals surface area contributed by atoms with Gasteiger partial charge < -0.3 is 5.11 Å². The van der Waals surface area contributed by atoms with Crippen molar-refractivity contribution in [2.24, 2.45) is 0 Å². The van der Waals surface area contributed by atoms with Crippen molar-refractivity contribution in [3.63, 3.8) is 0 Å². The van der Waals surface area contributed by atoms with E-state index in [4.69, 9.17) is 0 Å². The van der Waals surface area contributed by atoms with Gasteiger partial charge in [0.15, 0.2) is 0 Å². The molecule has 1 atom stereocenters. The van der Waals surface area contributed by atoms with Crippen molar-refractivity contribution in [3.8, 4) is 0 Å². The Morgan fingerprint density at radius 1 is 1.18 bits per heavy atom. The molecule has 86 valence electrons. The van der Waals surface area contributed by atoms with Crippen LogP contribution in [0.5, 0.6) is 0 Å². The summed E-state index contributed by atoms with van der Waals surface area (Å²) in [6, 6.07) is 11.1. The summed E-state index contributed by atoms with van der Waals surface area (Å²) >= 11 is 3.37. The lowest BCUT2D eigenvalue weighted by Gasteiger charge is -2.25. The number of aliphatic hydroxyl groups is 1. The van der Waals surface area contributed by atoms with Crippen LogP contribution in [-0.2, 0) is 5.60 Å². The van der Waals surface area contributed by atoms with Crippen LogP contribution in [0.3, 0.4) is 0 Å². The fourth-order valence-corrected chi connectivity index (χ4v) is 1.96. The van der Waals surface area contributed by atoms with Gasteiger partial charge in [0.25, 0.3) is 0 Å². The fourth-order valence-electron chi connectivity index (χ4n) is 1.69. The van der Waals surface area contributed by atoms with Gasteiger partial charge in [-0.15, -0.1) is 0 Å². The Bertz CT molecular complexity index is 510. The monoisotopic (exact) mass is 289 g/mol. The Labute approximate surface area is 109 Å². The Balaban J connectivity index is 2.51. The lowest BCUT2D eigenvalue weighted by atomic mass is 9.87. The number of pyridine rings is 1. The molecule has 0 amide bonds. The summed E-state index contributed by atoms with van der Waals surface area (Å²) in [6.45, 7) is 3.72. The van der Waals surface area contributed by atoms with Gasteiger partial charge in [-0.3, -0.25) is 4.98 Å². The predicted molar refractivity (Wildman–Crippen MR) is 71.6 cm³/mol. The van der Waals surface area contributed by atoms with E-state index in [1.54, 1.807) is 18.5 Å². The molecule has 2 rings (SSSR count). The first-order valence-corrected chi connectivity index (χ1v) is 5.98. The Kier molecular flexibility index (Phi) is 3.41. The molecule has 1 aromatic heterocycles. The van der Waals surface area contributed by atoms with Crippen LogP contribution >= 0.6 is 15.9 Å². The highest BCUT2D eigenvalue weighted by Gasteiger charge is 2.27. The van der Waals surface area contributed by atoms with Crippen molar-refractivity contribution >= 4 is 15.9 Å². The van der Waals surface area contributed by atoms with E-state index in [9.17, 15) is 5.11 Å². The van der Waals surface area contributed by atoms with Crippen LogP contribution in [0, 0.1) is 0 Å². The van der Waals surface area contributed by atoms with Gasteiger partial charge in [-0.2, -0.15) is 0 Å². The van der Waals surface area contributed by atoms with Crippen molar-refractivity contribution < 1.29 is 5.11 Å². The summed E-state index contributed by atoms with van der Waals surface area (Å²) in [4.78, 5) is 4.02. The minimum absolute atomic E-state index is 0.706. The summed E-state index contributed by atoms with van der Waals surface area (Å²) in [5.41, 5.74) is 0.274. The van der Waals surface area contributed by atoms with E-state index in [-0.39, 0.29) is 0 Å². The second-order valence-electron chi connectivity index (χ2n) is 3.72. The minimum atomic E-state index is -1.20. The molecule has 3 heteroatoms. The van der Waals surface area contributed by atoms with Crippen LogP contribution < -0.4 is 0 Å². The first-order chi connectivity index (χ1) is 8.16. The van der Waals surface area contributed by atoms with Gasteiger partial charge in [0, 0.05) is 22.4 Å². The number of aromatic nitrogens is 1. The minimum Gasteiger partial charge on any atom is -0.377 e. The van der Waals surface area contributed by atoms with E-state index < -0.39 is 5.60 Å². The summed E-state index contributed by atoms with van der Waals surface area (Å²) in [5.74, 6) is 0. The predicted octanol–water partition coefficient (Wildman–Crippen LogP) is 3.27. The van der Waals surface area contributed by atoms with Gasteiger partial charge in [-0.05, 0) is 23.8 Å². The summed E-state index contributed by atoms with van der Waals surface area (Å²) in [6.07, 6.45) is 4.84. The van der Waals surface area contributed by atoms with Crippen molar-refractivity contribution in [1.82, 2.24) is 4.98 Å². The molecule has 0 aliphatic carbocycles. The van der Waals surface area contributed by atoms with Gasteiger partial charge >= 0.3 is 0 Å². The average Bonchev–Trinajstić information content (AvgIpc) is 2.40. The molecule has 17 heavy (non-hydrogen) atoms. The number of halogens is 1. The van der Waals surface area contributed by atoms with E-state index in [2.05, 4.69) is 27.5 Å². The third kappa shape index (κ3) is 2.30. The van der Waals surface area contributed by atoms with Crippen molar-refractivity contribution in [2.75, 3.05) is 0 Å². The zero-order valence-electron chi connectivity index (χ0n) is 9.18. The summed E-state index contributed by atoms with van der Waals surface area (Å²) in [5, 5.41) is 10.7. The maximum absolute atomic E-state index is 10.7. The zero-order chi connectivity index (χ0) is 12.3. The molecule has 0 fully saturated rings. The van der Waals surface area contributed by atoms with Gasteiger partial charge in [0.1, 0.15) is 5.60 Å². The number of nitrogens with zero attached hydrogens (tertiary/aromatic N) is 1. The highest BCUT2D eigenvalue weighted by molar-refractivity contribution is 9.10. The first kappa shape index (κ1) is 12.0. The molecule has 0 spiro atoms. The largest absolute Gasteiger partial charge is 0.377 e. The van der Waals surface area contributed by atoms with Crippen LogP contribution in [0.1, 0.15) is 11.1 Å². The second-order valence-corrected chi connectivity index (χ2v) is 4.63. The van der Waals surface area contributed by atoms with Crippen LogP contribution in [-0.4, -0.2) is 10.1 Å². The highest BCUT2D eigenvalue weighted by atomic mass is 79.9. The molecule has 0 aliphatic heterocycles. The summed E-state index contributed by atoms with van der Waals surface area (Å²) < 4.78 is 0.971. The molecular formula is C14H12BrNO. The standard InChI is InChI=1S/C14H12BrNO/c1-2-14(17,12-4-3-9-16-10-12)11-5-7-13(15)8-6-11/h2-10,17H,1H2. The molecule has 1 N–H and O–H groups in total. The molecule has 0 aliphatic rings. The van der Waals surface area contributed by atoms with E-state index >= 15 is 0 Å². The molecule has 1 heterocycles. The normalized spacial score (nSPS) is 14.0. The molecule has 1 unspecified atom stereocenters. The van der Waals surface area contributed by atoms with Gasteiger partial charge in [-0.1, -0.05) is 46.8 Å². The molecular weight excluding hydrogens is 278 g/mol. The van der Waals surface area contributed by atoms with Gasteiger partial charge in [0.05, 0.1) is 0 Å². The lowest BCUT2D eigenvalue weighted by Crippen LogP contribution is -2.24. The third-order valence-electron chi connectivity index (χ3n) is 2.68. The quantitative estimate of drug-likeness (QED) is 0.880. The maximum atomic E-state index is 10.7. The van der Waals surface area contributed by atoms with Crippen LogP contribution in [0.2, 0.25) is 0 Å². The van der Waals surface area contributed by atoms with Crippen molar-refractivity contribution in [3.05, 3.63) is 77.0 Å². The fraction of sp³-hybridized carbons (Fsp3) is 0.0714. The average molecular weight is 290 g/mol. The molecule has 2 aromatic rings. The Morgan fingerprint density at radius 2 is 1.88 bits per heavy atom. The SMILES string of the molecule is C=CC(O)(c1ccc(Br)cc1)c1cccnc1. The number of hydrogen-bond acceptors (Lipinski definition) is 2. The smallest absolute Gasteiger partial charge is 0.134 e. The van der Waals surface area contributed by atoms with E-state index in [1.165, 1.54) is 6.08 Å². The molecule has 0 bridgehead atoms. The van der Waals surface area contributed by atoms with E-state index in [0.717, 1.165) is 10.0 Å². The summed E-state index contributed by atoms with van der Waals surface area (Å²) in [7, 11) is 0. The van der Waals surface area contributed by atoms with Crippen molar-refractivity contribution in [1.29, 1.82) is 0 Å². The first-order valence-electron chi connectivity index (χ1n) is 5.19. The molecule has 0 saturated carbocycles. The van der Waals surface area contributed by atoms with Crippen LogP contribution in [0.15, 0.2) is 65.9 Å². The lowest BCUT2D eigenvalue weighted by molar-refractivity contribution is 0.134. The number of benzene rings is 1. The Hall–Kier alpha value is -1.45. The zero-order valence-corrected chi connectivity index (χ0v) is 10.8. The third-order valence-corrected chi connectivity index (χ3v) is 3.21. The highest BCUT2D eigenvalue weighted by Crippen LogP contribution is 2.30. The second kappa shape index (κ2) is 4.82. The molecule has 0 saturated heterocycles. The molecule has 1 aromatic carbocycles. The van der Waals surface area contributed by atoms with E-state index in [1.807, 2.05) is 30.3 Å². The maximum Gasteiger partial charge on any atom is 0.134 e. The number of hydrogen-bond donors (Lipinski definition) is 1. The van der Waals surface area contributed by atoms with E-state index in [0.29, 0.717) is 5.56 Å². The van der Waals surface area contributed by atoms with Crippen LogP contribution in [0.4, 0.5) is 0 Å².